The summed E-state index contributed by atoms with van der Waals surface area (Å²) in [5, 5.41) is 10.3. The average Bonchev–Trinajstić information content (AvgIpc) is 2.53. The quantitative estimate of drug-likeness (QED) is 0.927. The summed E-state index contributed by atoms with van der Waals surface area (Å²) in [4.78, 5) is 2.42. The molecule has 1 aromatic rings. The Morgan fingerprint density at radius 3 is 2.81 bits per heavy atom. The maximum atomic E-state index is 10.3. The van der Waals surface area contributed by atoms with Crippen LogP contribution in [0.4, 0.5) is 0 Å². The number of ether oxygens (including phenoxy) is 2. The first kappa shape index (κ1) is 14.8. The van der Waals surface area contributed by atoms with Crippen LogP contribution in [0.1, 0.15) is 31.2 Å². The molecule has 1 aromatic carbocycles. The van der Waals surface area contributed by atoms with Crippen molar-refractivity contribution in [3.8, 4) is 5.75 Å². The molecule has 3 rings (SSSR count). The monoisotopic (exact) mass is 291 g/mol. The van der Waals surface area contributed by atoms with Crippen molar-refractivity contribution in [1.82, 2.24) is 4.90 Å². The summed E-state index contributed by atoms with van der Waals surface area (Å²) < 4.78 is 11.4. The van der Waals surface area contributed by atoms with E-state index in [1.54, 1.807) is 7.11 Å². The van der Waals surface area contributed by atoms with Crippen LogP contribution in [0.25, 0.3) is 0 Å². The second-order valence-corrected chi connectivity index (χ2v) is 6.16. The van der Waals surface area contributed by atoms with Crippen molar-refractivity contribution in [3.63, 3.8) is 0 Å². The second kappa shape index (κ2) is 6.34. The van der Waals surface area contributed by atoms with Gasteiger partial charge < -0.3 is 14.6 Å². The molecule has 0 radical (unpaired) electrons. The molecule has 1 spiro atoms. The van der Waals surface area contributed by atoms with Crippen LogP contribution in [-0.2, 0) is 11.3 Å². The Kier molecular flexibility index (Phi) is 4.48. The van der Waals surface area contributed by atoms with Crippen molar-refractivity contribution in [3.05, 3.63) is 29.8 Å². The molecule has 0 aliphatic carbocycles. The molecule has 2 saturated heterocycles. The largest absolute Gasteiger partial charge is 0.496 e. The van der Waals surface area contributed by atoms with Crippen LogP contribution >= 0.6 is 0 Å². The van der Waals surface area contributed by atoms with E-state index in [1.165, 1.54) is 5.56 Å². The fourth-order valence-electron chi connectivity index (χ4n) is 3.55. The van der Waals surface area contributed by atoms with Crippen LogP contribution < -0.4 is 4.74 Å². The van der Waals surface area contributed by atoms with Crippen LogP contribution in [0.2, 0.25) is 0 Å². The van der Waals surface area contributed by atoms with Crippen molar-refractivity contribution in [1.29, 1.82) is 0 Å². The number of aliphatic hydroxyl groups is 1. The van der Waals surface area contributed by atoms with Crippen LogP contribution in [0.5, 0.6) is 5.75 Å². The van der Waals surface area contributed by atoms with E-state index in [4.69, 9.17) is 9.47 Å². The summed E-state index contributed by atoms with van der Waals surface area (Å²) in [6.45, 7) is 3.63. The third-order valence-corrected chi connectivity index (χ3v) is 4.91. The molecule has 4 heteroatoms. The molecule has 2 aliphatic rings. The lowest BCUT2D eigenvalue weighted by Gasteiger charge is -2.46. The molecule has 1 atom stereocenters. The Bertz CT molecular complexity index is 469. The zero-order valence-electron chi connectivity index (χ0n) is 12.8. The molecule has 2 fully saturated rings. The van der Waals surface area contributed by atoms with Gasteiger partial charge in [-0.15, -0.1) is 0 Å². The minimum Gasteiger partial charge on any atom is -0.496 e. The van der Waals surface area contributed by atoms with Gasteiger partial charge >= 0.3 is 0 Å². The van der Waals surface area contributed by atoms with Crippen molar-refractivity contribution in [2.45, 2.75) is 43.9 Å². The summed E-state index contributed by atoms with van der Waals surface area (Å²) in [5.41, 5.74) is 0.941. The molecule has 116 valence electrons. The van der Waals surface area contributed by atoms with Crippen molar-refractivity contribution in [2.24, 2.45) is 0 Å². The van der Waals surface area contributed by atoms with E-state index in [1.807, 2.05) is 12.1 Å². The minimum atomic E-state index is -0.292. The SMILES string of the molecule is COc1ccccc1CN1CCC2(CC1)OCCC[C@@H]2O. The molecule has 0 unspecified atom stereocenters. The number of methoxy groups -OCH3 is 1. The average molecular weight is 291 g/mol. The smallest absolute Gasteiger partial charge is 0.123 e. The predicted molar refractivity (Wildman–Crippen MR) is 81.4 cm³/mol. The van der Waals surface area contributed by atoms with Gasteiger partial charge in [-0.1, -0.05) is 18.2 Å². The predicted octanol–water partition coefficient (Wildman–Crippen LogP) is 2.20. The first-order valence-electron chi connectivity index (χ1n) is 7.90. The van der Waals surface area contributed by atoms with Gasteiger partial charge in [0, 0.05) is 31.8 Å². The summed E-state index contributed by atoms with van der Waals surface area (Å²) in [5.74, 6) is 0.951. The fourth-order valence-corrected chi connectivity index (χ4v) is 3.55. The summed E-state index contributed by atoms with van der Waals surface area (Å²) in [7, 11) is 1.72. The summed E-state index contributed by atoms with van der Waals surface area (Å²) in [6.07, 6.45) is 3.41. The summed E-state index contributed by atoms with van der Waals surface area (Å²) in [6, 6.07) is 8.18. The summed E-state index contributed by atoms with van der Waals surface area (Å²) >= 11 is 0. The molecular weight excluding hydrogens is 266 g/mol. The zero-order valence-corrected chi connectivity index (χ0v) is 12.8. The van der Waals surface area contributed by atoms with Crippen LogP contribution in [-0.4, -0.2) is 48.5 Å². The van der Waals surface area contributed by atoms with E-state index in [0.29, 0.717) is 0 Å². The highest BCUT2D eigenvalue weighted by molar-refractivity contribution is 5.33. The van der Waals surface area contributed by atoms with Gasteiger partial charge in [0.15, 0.2) is 0 Å². The van der Waals surface area contributed by atoms with Gasteiger partial charge in [0.05, 0.1) is 18.8 Å². The third kappa shape index (κ3) is 3.07. The number of hydrogen-bond acceptors (Lipinski definition) is 4. The van der Waals surface area contributed by atoms with Gasteiger partial charge in [-0.2, -0.15) is 0 Å². The topological polar surface area (TPSA) is 41.9 Å². The number of likely N-dealkylation sites (tertiary alicyclic amines) is 1. The molecular formula is C17H25NO3. The number of para-hydroxylation sites is 1. The molecule has 2 aliphatic heterocycles. The first-order valence-corrected chi connectivity index (χ1v) is 7.90. The third-order valence-electron chi connectivity index (χ3n) is 4.91. The first-order chi connectivity index (χ1) is 10.2. The van der Waals surface area contributed by atoms with Crippen molar-refractivity contribution >= 4 is 0 Å². The number of aliphatic hydroxyl groups excluding tert-OH is 1. The minimum absolute atomic E-state index is 0.282. The number of benzene rings is 1. The standard InChI is InChI=1S/C17H25NO3/c1-20-15-6-3-2-5-14(15)13-18-10-8-17(9-11-18)16(19)7-4-12-21-17/h2-3,5-6,16,19H,4,7-13H2,1H3/t16-/m0/s1. The van der Waals surface area contributed by atoms with Crippen molar-refractivity contribution < 1.29 is 14.6 Å². The highest BCUT2D eigenvalue weighted by Crippen LogP contribution is 2.35. The van der Waals surface area contributed by atoms with E-state index in [0.717, 1.165) is 57.7 Å². The number of hydrogen-bond donors (Lipinski definition) is 1. The van der Waals surface area contributed by atoms with Gasteiger partial charge in [-0.3, -0.25) is 4.90 Å². The lowest BCUT2D eigenvalue weighted by atomic mass is 9.82. The second-order valence-electron chi connectivity index (χ2n) is 6.16. The lowest BCUT2D eigenvalue weighted by molar-refractivity contribution is -0.177. The van der Waals surface area contributed by atoms with Crippen LogP contribution in [0.15, 0.2) is 24.3 Å². The lowest BCUT2D eigenvalue weighted by Crippen LogP contribution is -2.55. The van der Waals surface area contributed by atoms with Gasteiger partial charge in [0.25, 0.3) is 0 Å². The van der Waals surface area contributed by atoms with Crippen LogP contribution in [0.3, 0.4) is 0 Å². The van der Waals surface area contributed by atoms with Gasteiger partial charge in [0.2, 0.25) is 0 Å². The molecule has 1 N–H and O–H groups in total. The zero-order chi connectivity index (χ0) is 14.7. The molecule has 0 amide bonds. The molecule has 21 heavy (non-hydrogen) atoms. The number of rotatable bonds is 3. The molecule has 4 nitrogen and oxygen atoms in total. The molecule has 0 bridgehead atoms. The van der Waals surface area contributed by atoms with Gasteiger partial charge in [-0.05, 0) is 31.7 Å². The Hall–Kier alpha value is -1.10. The van der Waals surface area contributed by atoms with E-state index in [2.05, 4.69) is 17.0 Å². The Labute approximate surface area is 126 Å². The van der Waals surface area contributed by atoms with Gasteiger partial charge in [-0.25, -0.2) is 0 Å². The molecule has 0 saturated carbocycles. The number of nitrogens with zero attached hydrogens (tertiary/aromatic N) is 1. The number of piperidine rings is 1. The maximum absolute atomic E-state index is 10.3. The highest BCUT2D eigenvalue weighted by atomic mass is 16.5. The fraction of sp³-hybridized carbons (Fsp3) is 0.647. The van der Waals surface area contributed by atoms with E-state index < -0.39 is 0 Å². The Balaban J connectivity index is 1.61. The maximum Gasteiger partial charge on any atom is 0.123 e. The van der Waals surface area contributed by atoms with E-state index in [9.17, 15) is 5.11 Å². The molecule has 2 heterocycles. The van der Waals surface area contributed by atoms with Crippen LogP contribution in [0, 0.1) is 0 Å². The highest BCUT2D eigenvalue weighted by Gasteiger charge is 2.43. The Morgan fingerprint density at radius 1 is 1.33 bits per heavy atom. The van der Waals surface area contributed by atoms with E-state index >= 15 is 0 Å². The van der Waals surface area contributed by atoms with E-state index in [-0.39, 0.29) is 11.7 Å². The van der Waals surface area contributed by atoms with Gasteiger partial charge in [0.1, 0.15) is 5.75 Å². The Morgan fingerprint density at radius 2 is 2.10 bits per heavy atom. The molecule has 0 aromatic heterocycles. The normalized spacial score (nSPS) is 25.9. The van der Waals surface area contributed by atoms with Crippen molar-refractivity contribution in [2.75, 3.05) is 26.8 Å².